The molecule has 2 atom stereocenters. The predicted molar refractivity (Wildman–Crippen MR) is 107 cm³/mol. The second-order valence-corrected chi connectivity index (χ2v) is 7.02. The Morgan fingerprint density at radius 2 is 2.15 bits per heavy atom. The molecule has 0 aliphatic carbocycles. The Bertz CT molecular complexity index is 561. The van der Waals surface area contributed by atoms with Crippen LogP contribution in [-0.4, -0.2) is 81.4 Å². The fourth-order valence-corrected chi connectivity index (χ4v) is 3.18. The first kappa shape index (κ1) is 20.5. The van der Waals surface area contributed by atoms with Gasteiger partial charge in [0.2, 0.25) is 0 Å². The summed E-state index contributed by atoms with van der Waals surface area (Å²) in [4.78, 5) is 8.99. The lowest BCUT2D eigenvalue weighted by Gasteiger charge is -2.38. The van der Waals surface area contributed by atoms with Gasteiger partial charge in [0.15, 0.2) is 5.96 Å². The molecular formula is C20H34N4O2. The maximum atomic E-state index is 5.81. The van der Waals surface area contributed by atoms with Crippen molar-refractivity contribution in [1.29, 1.82) is 0 Å². The van der Waals surface area contributed by atoms with Gasteiger partial charge in [0.1, 0.15) is 12.4 Å². The summed E-state index contributed by atoms with van der Waals surface area (Å²) >= 11 is 0. The van der Waals surface area contributed by atoms with Gasteiger partial charge in [-0.2, -0.15) is 0 Å². The number of aliphatic imine (C=N–C) groups is 1. The monoisotopic (exact) mass is 362 g/mol. The van der Waals surface area contributed by atoms with E-state index in [1.807, 2.05) is 26.2 Å². The van der Waals surface area contributed by atoms with E-state index in [0.717, 1.165) is 44.6 Å². The number of morpholine rings is 1. The molecule has 1 fully saturated rings. The number of nitrogens with zero attached hydrogens (tertiary/aromatic N) is 3. The zero-order chi connectivity index (χ0) is 18.9. The fourth-order valence-electron chi connectivity index (χ4n) is 3.18. The summed E-state index contributed by atoms with van der Waals surface area (Å²) in [6.07, 6.45) is 0. The van der Waals surface area contributed by atoms with Crippen LogP contribution in [0.4, 0.5) is 0 Å². The van der Waals surface area contributed by atoms with Gasteiger partial charge in [-0.15, -0.1) is 0 Å². The Hall–Kier alpha value is -1.79. The van der Waals surface area contributed by atoms with Crippen LogP contribution in [0.25, 0.3) is 0 Å². The van der Waals surface area contributed by atoms with Crippen molar-refractivity contribution < 1.29 is 9.47 Å². The summed E-state index contributed by atoms with van der Waals surface area (Å²) in [5.41, 5.74) is 1.24. The van der Waals surface area contributed by atoms with Crippen LogP contribution in [0, 0.1) is 6.92 Å². The Balaban J connectivity index is 1.73. The summed E-state index contributed by atoms with van der Waals surface area (Å²) in [5.74, 6) is 1.80. The molecule has 6 nitrogen and oxygen atoms in total. The van der Waals surface area contributed by atoms with Gasteiger partial charge in [0, 0.05) is 39.3 Å². The Labute approximate surface area is 158 Å². The lowest BCUT2D eigenvalue weighted by atomic mass is 10.2. The molecule has 0 saturated carbocycles. The van der Waals surface area contributed by atoms with Crippen molar-refractivity contribution in [2.24, 2.45) is 4.99 Å². The van der Waals surface area contributed by atoms with Crippen molar-refractivity contribution in [3.05, 3.63) is 29.8 Å². The van der Waals surface area contributed by atoms with Crippen molar-refractivity contribution in [3.63, 3.8) is 0 Å². The summed E-state index contributed by atoms with van der Waals surface area (Å²) < 4.78 is 11.3. The molecule has 1 aliphatic rings. The third kappa shape index (κ3) is 6.18. The smallest absolute Gasteiger partial charge is 0.193 e. The molecule has 2 unspecified atom stereocenters. The number of hydrogen-bond acceptors (Lipinski definition) is 4. The third-order valence-electron chi connectivity index (χ3n) is 4.83. The first-order valence-electron chi connectivity index (χ1n) is 9.46. The molecule has 0 bridgehead atoms. The van der Waals surface area contributed by atoms with Gasteiger partial charge in [0.05, 0.1) is 19.8 Å². The van der Waals surface area contributed by atoms with E-state index in [0.29, 0.717) is 18.7 Å². The van der Waals surface area contributed by atoms with Gasteiger partial charge in [-0.1, -0.05) is 17.7 Å². The number of rotatable bonds is 7. The first-order chi connectivity index (χ1) is 12.5. The van der Waals surface area contributed by atoms with E-state index < -0.39 is 0 Å². The summed E-state index contributed by atoms with van der Waals surface area (Å²) in [7, 11) is 3.86. The van der Waals surface area contributed by atoms with E-state index in [9.17, 15) is 0 Å². The van der Waals surface area contributed by atoms with Crippen LogP contribution in [0.2, 0.25) is 0 Å². The number of guanidine groups is 1. The maximum Gasteiger partial charge on any atom is 0.193 e. The van der Waals surface area contributed by atoms with Crippen molar-refractivity contribution in [2.75, 3.05) is 53.6 Å². The molecule has 146 valence electrons. The van der Waals surface area contributed by atoms with E-state index in [4.69, 9.17) is 9.47 Å². The Morgan fingerprint density at radius 1 is 1.42 bits per heavy atom. The maximum absolute atomic E-state index is 5.81. The van der Waals surface area contributed by atoms with Crippen LogP contribution in [0.1, 0.15) is 19.4 Å². The van der Waals surface area contributed by atoms with Gasteiger partial charge >= 0.3 is 0 Å². The molecule has 0 radical (unpaired) electrons. The van der Waals surface area contributed by atoms with E-state index >= 15 is 0 Å². The number of aryl methyl sites for hydroxylation is 1. The number of likely N-dealkylation sites (N-methyl/N-ethyl adjacent to an activating group) is 1. The van der Waals surface area contributed by atoms with E-state index in [1.54, 1.807) is 0 Å². The molecule has 6 heteroatoms. The second kappa shape index (κ2) is 10.4. The van der Waals surface area contributed by atoms with Crippen molar-refractivity contribution in [2.45, 2.75) is 32.9 Å². The Morgan fingerprint density at radius 3 is 2.81 bits per heavy atom. The van der Waals surface area contributed by atoms with Crippen LogP contribution in [0.3, 0.4) is 0 Å². The molecule has 1 aliphatic heterocycles. The predicted octanol–water partition coefficient (Wildman–Crippen LogP) is 1.99. The van der Waals surface area contributed by atoms with Gasteiger partial charge in [0.25, 0.3) is 0 Å². The van der Waals surface area contributed by atoms with E-state index in [-0.39, 0.29) is 0 Å². The zero-order valence-electron chi connectivity index (χ0n) is 16.9. The molecule has 1 aromatic rings. The summed E-state index contributed by atoms with van der Waals surface area (Å²) in [5, 5.41) is 3.48. The molecular weight excluding hydrogens is 328 g/mol. The average Bonchev–Trinajstić information content (AvgIpc) is 2.64. The third-order valence-corrected chi connectivity index (χ3v) is 4.83. The fraction of sp³-hybridized carbons (Fsp3) is 0.650. The highest BCUT2D eigenvalue weighted by Gasteiger charge is 2.23. The zero-order valence-corrected chi connectivity index (χ0v) is 16.9. The molecule has 26 heavy (non-hydrogen) atoms. The Kier molecular flexibility index (Phi) is 8.19. The molecule has 1 aromatic carbocycles. The van der Waals surface area contributed by atoms with Gasteiger partial charge in [-0.25, -0.2) is 0 Å². The molecule has 0 amide bonds. The summed E-state index contributed by atoms with van der Waals surface area (Å²) in [6.45, 7) is 11.4. The normalized spacial score (nSPS) is 19.9. The lowest BCUT2D eigenvalue weighted by Crippen LogP contribution is -2.53. The quantitative estimate of drug-likeness (QED) is 0.594. The molecule has 1 saturated heterocycles. The molecule has 0 aromatic heterocycles. The van der Waals surface area contributed by atoms with E-state index in [1.165, 1.54) is 5.56 Å². The van der Waals surface area contributed by atoms with Crippen molar-refractivity contribution in [1.82, 2.24) is 15.1 Å². The molecule has 0 spiro atoms. The van der Waals surface area contributed by atoms with Crippen LogP contribution in [-0.2, 0) is 4.74 Å². The minimum atomic E-state index is 0.433. The highest BCUT2D eigenvalue weighted by atomic mass is 16.5. The first-order valence-corrected chi connectivity index (χ1v) is 9.46. The number of hydrogen-bond donors (Lipinski definition) is 1. The van der Waals surface area contributed by atoms with Crippen LogP contribution >= 0.6 is 0 Å². The number of ether oxygens (including phenoxy) is 2. The van der Waals surface area contributed by atoms with Crippen molar-refractivity contribution >= 4 is 5.96 Å². The summed E-state index contributed by atoms with van der Waals surface area (Å²) in [6, 6.07) is 9.04. The largest absolute Gasteiger partial charge is 0.492 e. The molecule has 2 rings (SSSR count). The van der Waals surface area contributed by atoms with Crippen LogP contribution in [0.15, 0.2) is 29.3 Å². The van der Waals surface area contributed by atoms with Crippen LogP contribution in [0.5, 0.6) is 5.75 Å². The minimum absolute atomic E-state index is 0.433. The van der Waals surface area contributed by atoms with Crippen molar-refractivity contribution in [3.8, 4) is 5.75 Å². The highest BCUT2D eigenvalue weighted by molar-refractivity contribution is 5.79. The van der Waals surface area contributed by atoms with Gasteiger partial charge < -0.3 is 19.7 Å². The topological polar surface area (TPSA) is 49.3 Å². The lowest BCUT2D eigenvalue weighted by molar-refractivity contribution is -0.0175. The standard InChI is InChI=1S/C20H34N4O2/c1-16-6-8-19(9-7-16)26-13-10-23(5)20(21-4)22-14-17(2)24-11-12-25-15-18(24)3/h6-9,17-18H,10-15H2,1-5H3,(H,21,22). The minimum Gasteiger partial charge on any atom is -0.492 e. The highest BCUT2D eigenvalue weighted by Crippen LogP contribution is 2.11. The second-order valence-electron chi connectivity index (χ2n) is 7.02. The SMILES string of the molecule is CN=C(NCC(C)N1CCOCC1C)N(C)CCOc1ccc(C)cc1. The average molecular weight is 363 g/mol. The molecule has 1 N–H and O–H groups in total. The van der Waals surface area contributed by atoms with E-state index in [2.05, 4.69) is 53.0 Å². The van der Waals surface area contributed by atoms with Crippen LogP contribution < -0.4 is 10.1 Å². The van der Waals surface area contributed by atoms with Gasteiger partial charge in [-0.3, -0.25) is 9.89 Å². The molecule has 1 heterocycles. The number of nitrogens with one attached hydrogen (secondary N) is 1. The number of benzene rings is 1. The van der Waals surface area contributed by atoms with Gasteiger partial charge in [-0.05, 0) is 32.9 Å².